The smallest absolute Gasteiger partial charge is 0.227 e. The largest absolute Gasteiger partial charge is 0.477 e. The number of amides is 1. The molecule has 132 valence electrons. The van der Waals surface area contributed by atoms with Crippen LogP contribution in [0.4, 0.5) is 0 Å². The average molecular weight is 331 g/mol. The third-order valence-electron chi connectivity index (χ3n) is 5.07. The Labute approximate surface area is 144 Å². The predicted octanol–water partition coefficient (Wildman–Crippen LogP) is 2.49. The number of nitrogens with zero attached hydrogens (tertiary/aromatic N) is 2. The summed E-state index contributed by atoms with van der Waals surface area (Å²) in [4.78, 5) is 19.6. The Bertz CT molecular complexity index is 570. The van der Waals surface area contributed by atoms with Crippen LogP contribution in [0.5, 0.6) is 5.88 Å². The molecule has 1 aromatic rings. The van der Waals surface area contributed by atoms with E-state index in [2.05, 4.69) is 28.2 Å². The zero-order valence-electron chi connectivity index (χ0n) is 14.9. The zero-order valence-corrected chi connectivity index (χ0v) is 14.9. The highest BCUT2D eigenvalue weighted by Crippen LogP contribution is 2.35. The second-order valence-corrected chi connectivity index (χ2v) is 6.95. The van der Waals surface area contributed by atoms with Gasteiger partial charge in [0.25, 0.3) is 0 Å². The van der Waals surface area contributed by atoms with Crippen LogP contribution >= 0.6 is 0 Å². The van der Waals surface area contributed by atoms with Crippen LogP contribution in [0.1, 0.15) is 49.8 Å². The number of nitrogens with one attached hydrogen (secondary N) is 1. The molecule has 0 aliphatic carbocycles. The summed E-state index contributed by atoms with van der Waals surface area (Å²) < 4.78 is 5.89. The van der Waals surface area contributed by atoms with E-state index >= 15 is 0 Å². The fourth-order valence-electron chi connectivity index (χ4n) is 3.75. The molecular formula is C19H29N3O2. The van der Waals surface area contributed by atoms with Crippen LogP contribution in [-0.4, -0.2) is 48.6 Å². The maximum absolute atomic E-state index is 13.0. The Morgan fingerprint density at radius 1 is 1.29 bits per heavy atom. The van der Waals surface area contributed by atoms with Gasteiger partial charge in [-0.2, -0.15) is 0 Å². The molecule has 1 N–H and O–H groups in total. The summed E-state index contributed by atoms with van der Waals surface area (Å²) in [5.74, 6) is 1.16. The number of carbonyl (C=O) groups is 1. The number of aromatic nitrogens is 1. The number of carbonyl (C=O) groups excluding carboxylic acids is 1. The van der Waals surface area contributed by atoms with Crippen molar-refractivity contribution >= 4 is 5.91 Å². The molecule has 0 bridgehead atoms. The van der Waals surface area contributed by atoms with Crippen molar-refractivity contribution in [2.45, 2.75) is 45.4 Å². The molecule has 0 aromatic carbocycles. The Balaban J connectivity index is 1.80. The molecule has 2 saturated heterocycles. The molecule has 2 fully saturated rings. The third-order valence-corrected chi connectivity index (χ3v) is 5.07. The highest BCUT2D eigenvalue weighted by Gasteiger charge is 2.38. The number of rotatable bonds is 5. The maximum atomic E-state index is 13.0. The Kier molecular flexibility index (Phi) is 5.72. The highest BCUT2D eigenvalue weighted by atomic mass is 16.5. The van der Waals surface area contributed by atoms with E-state index in [0.717, 1.165) is 56.7 Å². The van der Waals surface area contributed by atoms with Gasteiger partial charge >= 0.3 is 0 Å². The second kappa shape index (κ2) is 7.97. The minimum atomic E-state index is -0.00316. The lowest BCUT2D eigenvalue weighted by Gasteiger charge is -2.31. The Morgan fingerprint density at radius 3 is 2.83 bits per heavy atom. The van der Waals surface area contributed by atoms with Gasteiger partial charge in [0, 0.05) is 43.4 Å². The van der Waals surface area contributed by atoms with E-state index in [0.29, 0.717) is 18.4 Å². The van der Waals surface area contributed by atoms with Gasteiger partial charge in [-0.15, -0.1) is 0 Å². The normalized spacial score (nSPS) is 24.2. The fraction of sp³-hybridized carbons (Fsp3) is 0.684. The van der Waals surface area contributed by atoms with Crippen LogP contribution in [-0.2, 0) is 4.79 Å². The zero-order chi connectivity index (χ0) is 16.9. The first kappa shape index (κ1) is 17.2. The van der Waals surface area contributed by atoms with Gasteiger partial charge in [0.1, 0.15) is 0 Å². The number of hydrogen-bond donors (Lipinski definition) is 1. The Hall–Kier alpha value is -1.62. The number of aryl methyl sites for hydroxylation is 1. The minimum absolute atomic E-state index is 0.00316. The molecule has 2 aliphatic heterocycles. The molecule has 3 heterocycles. The summed E-state index contributed by atoms with van der Waals surface area (Å²) in [7, 11) is 0. The van der Waals surface area contributed by atoms with Crippen molar-refractivity contribution in [3.8, 4) is 5.88 Å². The molecule has 2 aliphatic rings. The summed E-state index contributed by atoms with van der Waals surface area (Å²) in [5.41, 5.74) is 2.03. The number of hydrogen-bond acceptors (Lipinski definition) is 4. The maximum Gasteiger partial charge on any atom is 0.227 e. The van der Waals surface area contributed by atoms with Crippen LogP contribution in [0.2, 0.25) is 0 Å². The van der Waals surface area contributed by atoms with Crippen LogP contribution in [0.3, 0.4) is 0 Å². The van der Waals surface area contributed by atoms with Crippen molar-refractivity contribution in [2.75, 3.05) is 32.8 Å². The number of ether oxygens (including phenoxy) is 1. The summed E-state index contributed by atoms with van der Waals surface area (Å²) in [6.45, 7) is 8.12. The van der Waals surface area contributed by atoms with E-state index in [1.807, 2.05) is 13.0 Å². The summed E-state index contributed by atoms with van der Waals surface area (Å²) in [5, 5.41) is 3.41. The summed E-state index contributed by atoms with van der Waals surface area (Å²) >= 11 is 0. The van der Waals surface area contributed by atoms with E-state index in [4.69, 9.17) is 4.74 Å². The molecule has 1 amide bonds. The number of likely N-dealkylation sites (tertiary alicyclic amines) is 1. The number of pyridine rings is 1. The lowest BCUT2D eigenvalue weighted by molar-refractivity contribution is -0.136. The van der Waals surface area contributed by atoms with Crippen LogP contribution in [0.25, 0.3) is 0 Å². The lowest BCUT2D eigenvalue weighted by Crippen LogP contribution is -2.41. The number of piperidine rings is 1. The van der Waals surface area contributed by atoms with Gasteiger partial charge < -0.3 is 15.0 Å². The predicted molar refractivity (Wildman–Crippen MR) is 94.3 cm³/mol. The molecule has 1 unspecified atom stereocenters. The van der Waals surface area contributed by atoms with Crippen LogP contribution in [0.15, 0.2) is 12.1 Å². The van der Waals surface area contributed by atoms with Crippen molar-refractivity contribution in [2.24, 2.45) is 5.92 Å². The molecule has 3 rings (SSSR count). The van der Waals surface area contributed by atoms with Gasteiger partial charge in [0.2, 0.25) is 11.8 Å². The van der Waals surface area contributed by atoms with Gasteiger partial charge in [0.05, 0.1) is 12.5 Å². The molecule has 2 atom stereocenters. The molecule has 5 nitrogen and oxygen atoms in total. The van der Waals surface area contributed by atoms with Crippen molar-refractivity contribution < 1.29 is 9.53 Å². The first-order chi connectivity index (χ1) is 11.7. The molecule has 0 saturated carbocycles. The van der Waals surface area contributed by atoms with E-state index in [1.54, 1.807) is 0 Å². The molecule has 0 spiro atoms. The SMILES string of the molecule is CCCOc1nc(C)ccc1[C@@H]1CNCC1C(=O)N1CCCCC1. The fourth-order valence-corrected chi connectivity index (χ4v) is 3.75. The van der Waals surface area contributed by atoms with E-state index in [1.165, 1.54) is 6.42 Å². The monoisotopic (exact) mass is 331 g/mol. The van der Waals surface area contributed by atoms with E-state index < -0.39 is 0 Å². The van der Waals surface area contributed by atoms with Crippen molar-refractivity contribution in [3.05, 3.63) is 23.4 Å². The first-order valence-electron chi connectivity index (χ1n) is 9.30. The molecule has 24 heavy (non-hydrogen) atoms. The van der Waals surface area contributed by atoms with Crippen molar-refractivity contribution in [3.63, 3.8) is 0 Å². The standard InChI is InChI=1S/C19H29N3O2/c1-3-11-24-18-15(8-7-14(2)21-18)16-12-20-13-17(16)19(23)22-9-5-4-6-10-22/h7-8,16-17,20H,3-6,9-13H2,1-2H3/t16-,17?/m0/s1. The van der Waals surface area contributed by atoms with Crippen LogP contribution in [0, 0.1) is 12.8 Å². The average Bonchev–Trinajstić information content (AvgIpc) is 3.09. The van der Waals surface area contributed by atoms with E-state index in [-0.39, 0.29) is 11.8 Å². The van der Waals surface area contributed by atoms with Crippen LogP contribution < -0.4 is 10.1 Å². The summed E-state index contributed by atoms with van der Waals surface area (Å²) in [6, 6.07) is 4.12. The quantitative estimate of drug-likeness (QED) is 0.901. The van der Waals surface area contributed by atoms with Gasteiger partial charge in [-0.05, 0) is 38.7 Å². The highest BCUT2D eigenvalue weighted by molar-refractivity contribution is 5.81. The van der Waals surface area contributed by atoms with Crippen molar-refractivity contribution in [1.82, 2.24) is 15.2 Å². The molecule has 1 aromatic heterocycles. The van der Waals surface area contributed by atoms with Gasteiger partial charge in [-0.25, -0.2) is 4.98 Å². The molecular weight excluding hydrogens is 302 g/mol. The lowest BCUT2D eigenvalue weighted by atomic mass is 9.88. The van der Waals surface area contributed by atoms with Crippen molar-refractivity contribution in [1.29, 1.82) is 0 Å². The first-order valence-corrected chi connectivity index (χ1v) is 9.30. The second-order valence-electron chi connectivity index (χ2n) is 6.95. The minimum Gasteiger partial charge on any atom is -0.477 e. The van der Waals surface area contributed by atoms with Gasteiger partial charge in [0.15, 0.2) is 0 Å². The third kappa shape index (κ3) is 3.72. The van der Waals surface area contributed by atoms with Gasteiger partial charge in [-0.1, -0.05) is 13.0 Å². The van der Waals surface area contributed by atoms with Gasteiger partial charge in [-0.3, -0.25) is 4.79 Å². The summed E-state index contributed by atoms with van der Waals surface area (Å²) in [6.07, 6.45) is 4.46. The Morgan fingerprint density at radius 2 is 2.08 bits per heavy atom. The topological polar surface area (TPSA) is 54.5 Å². The molecule has 5 heteroatoms. The van der Waals surface area contributed by atoms with E-state index in [9.17, 15) is 4.79 Å². The molecule has 0 radical (unpaired) electrons.